The van der Waals surface area contributed by atoms with Crippen LogP contribution >= 0.6 is 0 Å². The van der Waals surface area contributed by atoms with Crippen molar-refractivity contribution in [1.29, 1.82) is 0 Å². The third kappa shape index (κ3) is 4.48. The second-order valence-corrected chi connectivity index (χ2v) is 6.15. The van der Waals surface area contributed by atoms with Crippen LogP contribution in [0.2, 0.25) is 0 Å². The molecule has 0 heterocycles. The Hall–Kier alpha value is -2.60. The van der Waals surface area contributed by atoms with Crippen LogP contribution < -0.4 is 11.1 Å². The molecule has 2 aromatic carbocycles. The van der Waals surface area contributed by atoms with Crippen molar-refractivity contribution in [3.63, 3.8) is 0 Å². The zero-order valence-corrected chi connectivity index (χ0v) is 14.9. The van der Waals surface area contributed by atoms with E-state index < -0.39 is 24.0 Å². The molecule has 6 heteroatoms. The lowest BCUT2D eigenvalue weighted by Gasteiger charge is -2.25. The van der Waals surface area contributed by atoms with Gasteiger partial charge in [0.05, 0.1) is 24.9 Å². The summed E-state index contributed by atoms with van der Waals surface area (Å²) in [5.41, 5.74) is 6.67. The zero-order valence-electron chi connectivity index (χ0n) is 14.9. The van der Waals surface area contributed by atoms with Gasteiger partial charge in [-0.3, -0.25) is 4.79 Å². The third-order valence-corrected chi connectivity index (χ3v) is 3.86. The van der Waals surface area contributed by atoms with Crippen molar-refractivity contribution in [1.82, 2.24) is 5.32 Å². The van der Waals surface area contributed by atoms with E-state index in [9.17, 15) is 9.59 Å². The van der Waals surface area contributed by atoms with Gasteiger partial charge in [-0.2, -0.15) is 0 Å². The van der Waals surface area contributed by atoms with Crippen LogP contribution in [-0.2, 0) is 14.3 Å². The standard InChI is InChI=1S/C19H24N2O4/c1-11(2)25-12(3)17(19(23)24-4)21-18(22)15-9-13-7-5-6-8-14(13)10-16(15)20/h5-12,17H,20H2,1-4H3,(H,21,22)/t12-,17+/m1/s1. The van der Waals surface area contributed by atoms with Gasteiger partial charge in [0.2, 0.25) is 0 Å². The van der Waals surface area contributed by atoms with Crippen LogP contribution in [-0.4, -0.2) is 37.2 Å². The Morgan fingerprint density at radius 2 is 1.68 bits per heavy atom. The van der Waals surface area contributed by atoms with Crippen LogP contribution in [0.15, 0.2) is 36.4 Å². The van der Waals surface area contributed by atoms with E-state index in [2.05, 4.69) is 5.32 Å². The number of nitrogens with one attached hydrogen (secondary N) is 1. The van der Waals surface area contributed by atoms with Crippen molar-refractivity contribution in [2.45, 2.75) is 39.0 Å². The van der Waals surface area contributed by atoms with E-state index in [-0.39, 0.29) is 6.10 Å². The fraction of sp³-hybridized carbons (Fsp3) is 0.368. The molecule has 2 rings (SSSR count). The summed E-state index contributed by atoms with van der Waals surface area (Å²) in [6, 6.07) is 10.1. The molecular formula is C19H24N2O4. The number of hydrogen-bond donors (Lipinski definition) is 2. The first-order valence-corrected chi connectivity index (χ1v) is 8.16. The van der Waals surface area contributed by atoms with Gasteiger partial charge in [0.15, 0.2) is 6.04 Å². The Morgan fingerprint density at radius 3 is 2.24 bits per heavy atom. The van der Waals surface area contributed by atoms with E-state index in [4.69, 9.17) is 15.2 Å². The second kappa shape index (κ2) is 7.98. The lowest BCUT2D eigenvalue weighted by molar-refractivity contribution is -0.147. The van der Waals surface area contributed by atoms with Crippen molar-refractivity contribution in [2.75, 3.05) is 12.8 Å². The van der Waals surface area contributed by atoms with E-state index in [1.165, 1.54) is 7.11 Å². The van der Waals surface area contributed by atoms with E-state index in [0.29, 0.717) is 11.3 Å². The summed E-state index contributed by atoms with van der Waals surface area (Å²) in [5.74, 6) is -1.02. The van der Waals surface area contributed by atoms with Crippen LogP contribution in [0.4, 0.5) is 5.69 Å². The first-order valence-electron chi connectivity index (χ1n) is 8.16. The number of nitrogen functional groups attached to an aromatic ring is 1. The Balaban J connectivity index is 2.28. The van der Waals surface area contributed by atoms with Gasteiger partial charge >= 0.3 is 5.97 Å². The maximum Gasteiger partial charge on any atom is 0.331 e. The monoisotopic (exact) mass is 344 g/mol. The highest BCUT2D eigenvalue weighted by molar-refractivity contribution is 6.05. The smallest absolute Gasteiger partial charge is 0.331 e. The quantitative estimate of drug-likeness (QED) is 0.621. The highest BCUT2D eigenvalue weighted by Gasteiger charge is 2.30. The number of anilines is 1. The van der Waals surface area contributed by atoms with Crippen molar-refractivity contribution >= 4 is 28.3 Å². The van der Waals surface area contributed by atoms with Gasteiger partial charge in [-0.25, -0.2) is 4.79 Å². The number of nitrogens with two attached hydrogens (primary N) is 1. The number of methoxy groups -OCH3 is 1. The highest BCUT2D eigenvalue weighted by Crippen LogP contribution is 2.22. The molecule has 0 saturated carbocycles. The molecule has 0 unspecified atom stereocenters. The topological polar surface area (TPSA) is 90.7 Å². The first kappa shape index (κ1) is 18.7. The van der Waals surface area contributed by atoms with Gasteiger partial charge in [-0.15, -0.1) is 0 Å². The van der Waals surface area contributed by atoms with Crippen molar-refractivity contribution in [3.05, 3.63) is 42.0 Å². The molecule has 0 bridgehead atoms. The molecule has 1 amide bonds. The number of esters is 1. The molecule has 6 nitrogen and oxygen atoms in total. The molecule has 0 saturated heterocycles. The number of carbonyl (C=O) groups excluding carboxylic acids is 2. The minimum absolute atomic E-state index is 0.0928. The third-order valence-electron chi connectivity index (χ3n) is 3.86. The molecule has 0 aliphatic heterocycles. The molecule has 3 N–H and O–H groups in total. The van der Waals surface area contributed by atoms with Crippen molar-refractivity contribution < 1.29 is 19.1 Å². The molecule has 2 atom stereocenters. The summed E-state index contributed by atoms with van der Waals surface area (Å²) in [5, 5.41) is 4.51. The molecule has 0 radical (unpaired) electrons. The number of fused-ring (bicyclic) bond motifs is 1. The predicted molar refractivity (Wildman–Crippen MR) is 97.3 cm³/mol. The van der Waals surface area contributed by atoms with Gasteiger partial charge < -0.3 is 20.5 Å². The van der Waals surface area contributed by atoms with Crippen molar-refractivity contribution in [2.24, 2.45) is 0 Å². The molecular weight excluding hydrogens is 320 g/mol. The Kier molecular flexibility index (Phi) is 5.98. The SMILES string of the molecule is COC(=O)[C@@H](NC(=O)c1cc2ccccc2cc1N)[C@@H](C)OC(C)C. The summed E-state index contributed by atoms with van der Waals surface area (Å²) in [6.45, 7) is 5.42. The van der Waals surface area contributed by atoms with Gasteiger partial charge in [-0.05, 0) is 43.7 Å². The summed E-state index contributed by atoms with van der Waals surface area (Å²) < 4.78 is 10.4. The zero-order chi connectivity index (χ0) is 18.6. The minimum atomic E-state index is -0.925. The Labute approximate surface area is 147 Å². The highest BCUT2D eigenvalue weighted by atomic mass is 16.5. The van der Waals surface area contributed by atoms with Gasteiger partial charge in [0.1, 0.15) is 0 Å². The molecule has 0 spiro atoms. The lowest BCUT2D eigenvalue weighted by atomic mass is 10.0. The van der Waals surface area contributed by atoms with Crippen LogP contribution in [0, 0.1) is 0 Å². The maximum absolute atomic E-state index is 12.7. The maximum atomic E-state index is 12.7. The summed E-state index contributed by atoms with van der Waals surface area (Å²) in [4.78, 5) is 24.7. The number of benzene rings is 2. The Bertz CT molecular complexity index is 773. The fourth-order valence-corrected chi connectivity index (χ4v) is 2.68. The summed E-state index contributed by atoms with van der Waals surface area (Å²) >= 11 is 0. The fourth-order valence-electron chi connectivity index (χ4n) is 2.68. The normalized spacial score (nSPS) is 13.5. The molecule has 2 aromatic rings. The molecule has 25 heavy (non-hydrogen) atoms. The summed E-state index contributed by atoms with van der Waals surface area (Å²) in [6.07, 6.45) is -0.636. The molecule has 0 aliphatic carbocycles. The molecule has 0 aromatic heterocycles. The first-order chi connectivity index (χ1) is 11.8. The summed E-state index contributed by atoms with van der Waals surface area (Å²) in [7, 11) is 1.27. The van der Waals surface area contributed by atoms with E-state index >= 15 is 0 Å². The lowest BCUT2D eigenvalue weighted by Crippen LogP contribution is -2.49. The second-order valence-electron chi connectivity index (χ2n) is 6.15. The molecule has 0 fully saturated rings. The van der Waals surface area contributed by atoms with Gasteiger partial charge in [0.25, 0.3) is 5.91 Å². The predicted octanol–water partition coefficient (Wildman–Crippen LogP) is 2.51. The van der Waals surface area contributed by atoms with Crippen LogP contribution in [0.1, 0.15) is 31.1 Å². The average Bonchev–Trinajstić information content (AvgIpc) is 2.57. The number of carbonyl (C=O) groups is 2. The van der Waals surface area contributed by atoms with E-state index in [1.807, 2.05) is 38.1 Å². The molecule has 0 aliphatic rings. The van der Waals surface area contributed by atoms with Crippen LogP contribution in [0.3, 0.4) is 0 Å². The van der Waals surface area contributed by atoms with Gasteiger partial charge in [-0.1, -0.05) is 24.3 Å². The average molecular weight is 344 g/mol. The Morgan fingerprint density at radius 1 is 1.08 bits per heavy atom. The number of hydrogen-bond acceptors (Lipinski definition) is 5. The van der Waals surface area contributed by atoms with Crippen molar-refractivity contribution in [3.8, 4) is 0 Å². The van der Waals surface area contributed by atoms with Gasteiger partial charge in [0, 0.05) is 5.69 Å². The number of rotatable bonds is 6. The van der Waals surface area contributed by atoms with E-state index in [1.54, 1.807) is 19.1 Å². The number of ether oxygens (including phenoxy) is 2. The minimum Gasteiger partial charge on any atom is -0.467 e. The van der Waals surface area contributed by atoms with Crippen LogP contribution in [0.5, 0.6) is 0 Å². The van der Waals surface area contributed by atoms with Crippen LogP contribution in [0.25, 0.3) is 10.8 Å². The number of amides is 1. The largest absolute Gasteiger partial charge is 0.467 e. The molecule has 134 valence electrons. The van der Waals surface area contributed by atoms with E-state index in [0.717, 1.165) is 10.8 Å².